The van der Waals surface area contributed by atoms with Gasteiger partial charge in [0.05, 0.1) is 5.69 Å². The summed E-state index contributed by atoms with van der Waals surface area (Å²) < 4.78 is 2.95. The molecule has 0 spiro atoms. The van der Waals surface area contributed by atoms with Gasteiger partial charge < -0.3 is 0 Å². The van der Waals surface area contributed by atoms with Crippen LogP contribution in [0.5, 0.6) is 0 Å². The number of carbonyl (C=O) groups is 1. The second kappa shape index (κ2) is 6.83. The second-order valence-corrected chi connectivity index (χ2v) is 7.70. The number of fused-ring (bicyclic) bond motifs is 1. The molecule has 1 saturated carbocycles. The van der Waals surface area contributed by atoms with E-state index < -0.39 is 0 Å². The number of nitrogens with one attached hydrogen (secondary N) is 1. The molecule has 1 aliphatic heterocycles. The zero-order valence-electron chi connectivity index (χ0n) is 15.4. The molecular formula is C18H26N6O2. The van der Waals surface area contributed by atoms with E-state index >= 15 is 0 Å². The Hall–Kier alpha value is -2.22. The van der Waals surface area contributed by atoms with Gasteiger partial charge in [-0.15, -0.1) is 0 Å². The first-order valence-corrected chi connectivity index (χ1v) is 9.58. The maximum absolute atomic E-state index is 12.8. The fraction of sp³-hybridized carbons (Fsp3) is 0.667. The van der Waals surface area contributed by atoms with Gasteiger partial charge >= 0.3 is 0 Å². The lowest BCUT2D eigenvalue weighted by Gasteiger charge is -2.26. The van der Waals surface area contributed by atoms with Crippen LogP contribution in [0.4, 0.5) is 0 Å². The highest BCUT2D eigenvalue weighted by atomic mass is 16.2. The summed E-state index contributed by atoms with van der Waals surface area (Å²) in [5.74, 6) is 1.06. The predicted octanol–water partition coefficient (Wildman–Crippen LogP) is 1.41. The SMILES string of the molecule is CC(C)c1nn(CC(=O)NN2CCCCC2)c(=O)c2cc(C3CC3)nn12. The number of rotatable bonds is 5. The van der Waals surface area contributed by atoms with E-state index in [2.05, 4.69) is 15.6 Å². The summed E-state index contributed by atoms with van der Waals surface area (Å²) in [6.45, 7) is 5.68. The molecular weight excluding hydrogens is 332 g/mol. The summed E-state index contributed by atoms with van der Waals surface area (Å²) in [5, 5.41) is 11.0. The van der Waals surface area contributed by atoms with Gasteiger partial charge in [-0.25, -0.2) is 14.2 Å². The molecule has 2 aromatic heterocycles. The highest BCUT2D eigenvalue weighted by molar-refractivity contribution is 5.75. The molecule has 0 unspecified atom stereocenters. The van der Waals surface area contributed by atoms with Crippen LogP contribution in [0.15, 0.2) is 10.9 Å². The molecule has 2 aliphatic rings. The molecule has 1 aliphatic carbocycles. The fourth-order valence-corrected chi connectivity index (χ4v) is 3.47. The molecule has 1 N–H and O–H groups in total. The van der Waals surface area contributed by atoms with Crippen LogP contribution in [-0.4, -0.2) is 43.4 Å². The van der Waals surface area contributed by atoms with Gasteiger partial charge in [-0.2, -0.15) is 10.2 Å². The monoisotopic (exact) mass is 358 g/mol. The molecule has 8 nitrogen and oxygen atoms in total. The number of nitrogens with zero attached hydrogens (tertiary/aromatic N) is 5. The molecule has 0 bridgehead atoms. The van der Waals surface area contributed by atoms with Crippen molar-refractivity contribution in [1.29, 1.82) is 0 Å². The molecule has 1 amide bonds. The third-order valence-electron chi connectivity index (χ3n) is 5.07. The Morgan fingerprint density at radius 3 is 2.62 bits per heavy atom. The van der Waals surface area contributed by atoms with E-state index in [-0.39, 0.29) is 23.9 Å². The Balaban J connectivity index is 1.62. The maximum Gasteiger partial charge on any atom is 0.293 e. The predicted molar refractivity (Wildman–Crippen MR) is 96.9 cm³/mol. The molecule has 1 saturated heterocycles. The van der Waals surface area contributed by atoms with Crippen molar-refractivity contribution in [2.45, 2.75) is 64.3 Å². The first-order valence-electron chi connectivity index (χ1n) is 9.58. The summed E-state index contributed by atoms with van der Waals surface area (Å²) in [7, 11) is 0. The minimum atomic E-state index is -0.261. The van der Waals surface area contributed by atoms with Crippen molar-refractivity contribution in [3.8, 4) is 0 Å². The number of aromatic nitrogens is 4. The highest BCUT2D eigenvalue weighted by Crippen LogP contribution is 2.39. The van der Waals surface area contributed by atoms with E-state index in [0.717, 1.165) is 44.5 Å². The lowest BCUT2D eigenvalue weighted by atomic mass is 10.2. The molecule has 140 valence electrons. The van der Waals surface area contributed by atoms with Gasteiger partial charge in [0.1, 0.15) is 12.1 Å². The van der Waals surface area contributed by atoms with Crippen LogP contribution in [-0.2, 0) is 11.3 Å². The lowest BCUT2D eigenvalue weighted by Crippen LogP contribution is -2.47. The largest absolute Gasteiger partial charge is 0.293 e. The first-order chi connectivity index (χ1) is 12.5. The molecule has 8 heteroatoms. The molecule has 2 fully saturated rings. The van der Waals surface area contributed by atoms with Crippen LogP contribution in [0.1, 0.15) is 69.3 Å². The molecule has 4 rings (SSSR count). The van der Waals surface area contributed by atoms with E-state index in [1.807, 2.05) is 24.9 Å². The fourth-order valence-electron chi connectivity index (χ4n) is 3.47. The summed E-state index contributed by atoms with van der Waals surface area (Å²) >= 11 is 0. The molecule has 0 atom stereocenters. The highest BCUT2D eigenvalue weighted by Gasteiger charge is 2.28. The van der Waals surface area contributed by atoms with Gasteiger partial charge in [0.15, 0.2) is 5.82 Å². The van der Waals surface area contributed by atoms with Crippen molar-refractivity contribution in [2.75, 3.05) is 13.1 Å². The standard InChI is InChI=1S/C18H26N6O2/c1-12(2)17-21-23(11-16(25)20-22-8-4-3-5-9-22)18(26)15-10-14(13-6-7-13)19-24(15)17/h10,12-13H,3-9,11H2,1-2H3,(H,20,25). The van der Waals surface area contributed by atoms with Crippen LogP contribution in [0.2, 0.25) is 0 Å². The van der Waals surface area contributed by atoms with Crippen LogP contribution in [0.25, 0.3) is 5.52 Å². The summed E-state index contributed by atoms with van der Waals surface area (Å²) in [4.78, 5) is 25.2. The number of hydrogen-bond acceptors (Lipinski definition) is 5. The quantitative estimate of drug-likeness (QED) is 0.874. The second-order valence-electron chi connectivity index (χ2n) is 7.70. The van der Waals surface area contributed by atoms with Crippen molar-refractivity contribution < 1.29 is 4.79 Å². The van der Waals surface area contributed by atoms with Gasteiger partial charge in [-0.05, 0) is 31.7 Å². The first kappa shape index (κ1) is 17.2. The molecule has 0 aromatic carbocycles. The van der Waals surface area contributed by atoms with E-state index in [0.29, 0.717) is 17.3 Å². The van der Waals surface area contributed by atoms with Crippen LogP contribution < -0.4 is 11.0 Å². The topological polar surface area (TPSA) is 84.5 Å². The third kappa shape index (κ3) is 3.38. The minimum absolute atomic E-state index is 0.0739. The summed E-state index contributed by atoms with van der Waals surface area (Å²) in [6, 6.07) is 1.87. The van der Waals surface area contributed by atoms with Crippen LogP contribution in [0.3, 0.4) is 0 Å². The third-order valence-corrected chi connectivity index (χ3v) is 5.07. The Morgan fingerprint density at radius 1 is 1.23 bits per heavy atom. The Labute approximate surface area is 152 Å². The van der Waals surface area contributed by atoms with E-state index in [1.54, 1.807) is 4.52 Å². The zero-order valence-corrected chi connectivity index (χ0v) is 15.4. The summed E-state index contributed by atoms with van der Waals surface area (Å²) in [5.41, 5.74) is 4.11. The van der Waals surface area contributed by atoms with Gasteiger partial charge in [0, 0.05) is 24.9 Å². The van der Waals surface area contributed by atoms with E-state index in [1.165, 1.54) is 11.1 Å². The normalized spacial score (nSPS) is 18.6. The van der Waals surface area contributed by atoms with Gasteiger partial charge in [-0.1, -0.05) is 20.3 Å². The zero-order chi connectivity index (χ0) is 18.3. The Morgan fingerprint density at radius 2 is 1.96 bits per heavy atom. The molecule has 26 heavy (non-hydrogen) atoms. The van der Waals surface area contributed by atoms with Gasteiger partial charge in [0.25, 0.3) is 11.5 Å². The van der Waals surface area contributed by atoms with Crippen molar-refractivity contribution in [1.82, 2.24) is 29.8 Å². The maximum atomic E-state index is 12.8. The smallest absolute Gasteiger partial charge is 0.287 e. The molecule has 2 aromatic rings. The van der Waals surface area contributed by atoms with Crippen molar-refractivity contribution >= 4 is 11.4 Å². The number of hydrazine groups is 1. The average molecular weight is 358 g/mol. The molecule has 3 heterocycles. The number of piperidine rings is 1. The van der Waals surface area contributed by atoms with E-state index in [4.69, 9.17) is 0 Å². The van der Waals surface area contributed by atoms with Crippen LogP contribution in [0, 0.1) is 0 Å². The van der Waals surface area contributed by atoms with Gasteiger partial charge in [-0.3, -0.25) is 15.0 Å². The Kier molecular flexibility index (Phi) is 4.52. The Bertz CT molecular complexity index is 874. The lowest BCUT2D eigenvalue weighted by molar-refractivity contribution is -0.127. The summed E-state index contributed by atoms with van der Waals surface area (Å²) in [6.07, 6.45) is 5.62. The van der Waals surface area contributed by atoms with Crippen molar-refractivity contribution in [3.63, 3.8) is 0 Å². The number of amides is 1. The number of hydrogen-bond donors (Lipinski definition) is 1. The van der Waals surface area contributed by atoms with E-state index in [9.17, 15) is 9.59 Å². The minimum Gasteiger partial charge on any atom is -0.287 e. The molecule has 0 radical (unpaired) electrons. The average Bonchev–Trinajstić information content (AvgIpc) is 3.37. The van der Waals surface area contributed by atoms with Crippen molar-refractivity contribution in [2.24, 2.45) is 0 Å². The van der Waals surface area contributed by atoms with Crippen molar-refractivity contribution in [3.05, 3.63) is 27.9 Å². The van der Waals surface area contributed by atoms with Gasteiger partial charge in [0.2, 0.25) is 0 Å². The number of carbonyl (C=O) groups excluding carboxylic acids is 1. The van der Waals surface area contributed by atoms with Crippen LogP contribution >= 0.6 is 0 Å².